The molecule has 8 heteroatoms. The van der Waals surface area contributed by atoms with E-state index >= 15 is 0 Å². The maximum atomic E-state index is 12.2. The molecule has 0 radical (unpaired) electrons. The molecule has 1 aromatic carbocycles. The molecule has 0 fully saturated rings. The van der Waals surface area contributed by atoms with Crippen LogP contribution in [0.5, 0.6) is 5.75 Å². The molecular formula is C19H22N4O4. The van der Waals surface area contributed by atoms with Crippen molar-refractivity contribution in [3.05, 3.63) is 41.2 Å². The molecule has 0 atom stereocenters. The van der Waals surface area contributed by atoms with E-state index in [9.17, 15) is 14.9 Å². The zero-order valence-electron chi connectivity index (χ0n) is 15.8. The maximum Gasteiger partial charge on any atom is 0.240 e. The number of ether oxygens (including phenoxy) is 1. The van der Waals surface area contributed by atoms with Gasteiger partial charge in [-0.1, -0.05) is 6.07 Å². The molecule has 0 bridgehead atoms. The molecule has 0 saturated carbocycles. The van der Waals surface area contributed by atoms with E-state index in [2.05, 4.69) is 10.6 Å². The number of furan rings is 1. The van der Waals surface area contributed by atoms with Gasteiger partial charge in [0.25, 0.3) is 0 Å². The van der Waals surface area contributed by atoms with Crippen LogP contribution < -0.4 is 15.4 Å². The van der Waals surface area contributed by atoms with Crippen LogP contribution in [0.3, 0.4) is 0 Å². The van der Waals surface area contributed by atoms with Crippen LogP contribution in [0, 0.1) is 25.2 Å². The lowest BCUT2D eigenvalue weighted by Gasteiger charge is -2.15. The highest BCUT2D eigenvalue weighted by atomic mass is 16.5. The predicted octanol–water partition coefficient (Wildman–Crippen LogP) is 2.29. The van der Waals surface area contributed by atoms with Gasteiger partial charge in [-0.2, -0.15) is 5.26 Å². The van der Waals surface area contributed by atoms with E-state index in [-0.39, 0.29) is 30.8 Å². The molecule has 142 valence electrons. The number of methoxy groups -OCH3 is 1. The van der Waals surface area contributed by atoms with Crippen LogP contribution in [0.4, 0.5) is 11.6 Å². The molecule has 27 heavy (non-hydrogen) atoms. The Morgan fingerprint density at radius 2 is 1.89 bits per heavy atom. The first-order chi connectivity index (χ1) is 12.8. The summed E-state index contributed by atoms with van der Waals surface area (Å²) in [6, 6.07) is 9.01. The smallest absolute Gasteiger partial charge is 0.240 e. The van der Waals surface area contributed by atoms with Gasteiger partial charge in [0.1, 0.15) is 23.1 Å². The van der Waals surface area contributed by atoms with Crippen LogP contribution >= 0.6 is 0 Å². The highest BCUT2D eigenvalue weighted by Gasteiger charge is 2.18. The van der Waals surface area contributed by atoms with E-state index in [0.29, 0.717) is 28.3 Å². The number of amides is 2. The molecule has 0 aliphatic rings. The number of nitriles is 1. The molecule has 2 rings (SSSR count). The average Bonchev–Trinajstić information content (AvgIpc) is 2.87. The number of nitrogens with one attached hydrogen (secondary N) is 2. The van der Waals surface area contributed by atoms with Crippen LogP contribution in [0.15, 0.2) is 28.7 Å². The van der Waals surface area contributed by atoms with Crippen LogP contribution in [-0.2, 0) is 9.59 Å². The zero-order valence-corrected chi connectivity index (χ0v) is 15.8. The highest BCUT2D eigenvalue weighted by molar-refractivity contribution is 5.94. The van der Waals surface area contributed by atoms with Crippen LogP contribution in [-0.4, -0.2) is 44.0 Å². The third-order valence-corrected chi connectivity index (χ3v) is 3.93. The number of rotatable bonds is 7. The fourth-order valence-corrected chi connectivity index (χ4v) is 2.46. The van der Waals surface area contributed by atoms with Gasteiger partial charge in [-0.25, -0.2) is 0 Å². The van der Waals surface area contributed by atoms with Crippen molar-refractivity contribution < 1.29 is 18.7 Å². The molecule has 8 nitrogen and oxygen atoms in total. The van der Waals surface area contributed by atoms with Crippen molar-refractivity contribution in [3.8, 4) is 11.8 Å². The van der Waals surface area contributed by atoms with E-state index in [1.165, 1.54) is 0 Å². The summed E-state index contributed by atoms with van der Waals surface area (Å²) in [6.07, 6.45) is 0. The van der Waals surface area contributed by atoms with Gasteiger partial charge in [0, 0.05) is 17.3 Å². The lowest BCUT2D eigenvalue weighted by Crippen LogP contribution is -2.36. The van der Waals surface area contributed by atoms with Crippen molar-refractivity contribution in [2.75, 3.05) is 37.9 Å². The molecule has 2 N–H and O–H groups in total. The zero-order chi connectivity index (χ0) is 20.0. The number of hydrogen-bond acceptors (Lipinski definition) is 6. The first kappa shape index (κ1) is 20.0. The molecule has 0 spiro atoms. The minimum Gasteiger partial charge on any atom is -0.497 e. The monoisotopic (exact) mass is 370 g/mol. The summed E-state index contributed by atoms with van der Waals surface area (Å²) in [4.78, 5) is 25.8. The molecule has 1 heterocycles. The summed E-state index contributed by atoms with van der Waals surface area (Å²) in [6.45, 7) is 3.46. The van der Waals surface area contributed by atoms with E-state index in [1.807, 2.05) is 6.07 Å². The first-order valence-corrected chi connectivity index (χ1v) is 8.26. The number of aryl methyl sites for hydroxylation is 1. The second kappa shape index (κ2) is 8.87. The molecule has 0 aliphatic heterocycles. The van der Waals surface area contributed by atoms with Gasteiger partial charge in [-0.3, -0.25) is 19.8 Å². The second-order valence-electron chi connectivity index (χ2n) is 6.10. The normalized spacial score (nSPS) is 10.4. The summed E-state index contributed by atoms with van der Waals surface area (Å²) in [5.41, 5.74) is 1.61. The Morgan fingerprint density at radius 3 is 2.52 bits per heavy atom. The lowest BCUT2D eigenvalue weighted by molar-refractivity contribution is -0.119. The molecule has 1 aromatic heterocycles. The molecular weight excluding hydrogens is 348 g/mol. The van der Waals surface area contributed by atoms with Crippen molar-refractivity contribution >= 4 is 23.4 Å². The third-order valence-electron chi connectivity index (χ3n) is 3.93. The number of anilines is 2. The number of nitrogens with zero attached hydrogens (tertiary/aromatic N) is 2. The van der Waals surface area contributed by atoms with E-state index in [0.717, 1.165) is 0 Å². The molecule has 0 saturated heterocycles. The van der Waals surface area contributed by atoms with Crippen LogP contribution in [0.25, 0.3) is 0 Å². The largest absolute Gasteiger partial charge is 0.497 e. The Balaban J connectivity index is 1.88. The van der Waals surface area contributed by atoms with Crippen LogP contribution in [0.2, 0.25) is 0 Å². The van der Waals surface area contributed by atoms with Crippen molar-refractivity contribution in [3.63, 3.8) is 0 Å². The van der Waals surface area contributed by atoms with Gasteiger partial charge in [-0.15, -0.1) is 0 Å². The van der Waals surface area contributed by atoms with Crippen molar-refractivity contribution in [1.29, 1.82) is 5.26 Å². The Hall–Kier alpha value is -3.31. The Morgan fingerprint density at radius 1 is 1.22 bits per heavy atom. The first-order valence-electron chi connectivity index (χ1n) is 8.26. The molecule has 0 unspecified atom stereocenters. The second-order valence-corrected chi connectivity index (χ2v) is 6.10. The van der Waals surface area contributed by atoms with Crippen molar-refractivity contribution in [1.82, 2.24) is 4.90 Å². The fraction of sp³-hybridized carbons (Fsp3) is 0.316. The fourth-order valence-electron chi connectivity index (χ4n) is 2.46. The standard InChI is InChI=1S/C19H22N4O4/c1-12-13(2)27-19(16(12)9-20)22-18(25)11-23(3)10-17(24)21-14-6-5-7-15(8-14)26-4/h5-8H,10-11H2,1-4H3,(H,21,24)(H,22,25). The lowest BCUT2D eigenvalue weighted by atomic mass is 10.2. The Labute approximate surface area is 157 Å². The number of carbonyl (C=O) groups excluding carboxylic acids is 2. The number of benzene rings is 1. The minimum atomic E-state index is -0.378. The number of carbonyl (C=O) groups is 2. The van der Waals surface area contributed by atoms with E-state index in [1.54, 1.807) is 57.2 Å². The summed E-state index contributed by atoms with van der Waals surface area (Å²) in [5.74, 6) is 0.704. The van der Waals surface area contributed by atoms with Gasteiger partial charge < -0.3 is 14.5 Å². The average molecular weight is 370 g/mol. The summed E-state index contributed by atoms with van der Waals surface area (Å²) in [7, 11) is 3.20. The van der Waals surface area contributed by atoms with Gasteiger partial charge in [0.15, 0.2) is 0 Å². The van der Waals surface area contributed by atoms with Gasteiger partial charge >= 0.3 is 0 Å². The quantitative estimate of drug-likeness (QED) is 0.774. The van der Waals surface area contributed by atoms with Crippen LogP contribution in [0.1, 0.15) is 16.9 Å². The van der Waals surface area contributed by atoms with E-state index in [4.69, 9.17) is 9.15 Å². The topological polar surface area (TPSA) is 108 Å². The van der Waals surface area contributed by atoms with Gasteiger partial charge in [0.2, 0.25) is 17.7 Å². The minimum absolute atomic E-state index is 0.0198. The Kier molecular flexibility index (Phi) is 6.57. The molecule has 0 aliphatic carbocycles. The van der Waals surface area contributed by atoms with Crippen molar-refractivity contribution in [2.45, 2.75) is 13.8 Å². The number of hydrogen-bond donors (Lipinski definition) is 2. The third kappa shape index (κ3) is 5.33. The predicted molar refractivity (Wildman–Crippen MR) is 101 cm³/mol. The summed E-state index contributed by atoms with van der Waals surface area (Å²) in [5, 5.41) is 14.5. The molecule has 2 amide bonds. The summed E-state index contributed by atoms with van der Waals surface area (Å²) >= 11 is 0. The van der Waals surface area contributed by atoms with Crippen molar-refractivity contribution in [2.24, 2.45) is 0 Å². The Bertz CT molecular complexity index is 882. The van der Waals surface area contributed by atoms with E-state index < -0.39 is 0 Å². The summed E-state index contributed by atoms with van der Waals surface area (Å²) < 4.78 is 10.5. The number of likely N-dealkylation sites (N-methyl/N-ethyl adjacent to an activating group) is 1. The highest BCUT2D eigenvalue weighted by Crippen LogP contribution is 2.25. The molecule has 2 aromatic rings. The maximum absolute atomic E-state index is 12.2. The SMILES string of the molecule is COc1cccc(NC(=O)CN(C)CC(=O)Nc2oc(C)c(C)c2C#N)c1. The van der Waals surface area contributed by atoms with Gasteiger partial charge in [0.05, 0.1) is 20.2 Å². The van der Waals surface area contributed by atoms with Gasteiger partial charge in [-0.05, 0) is 33.0 Å².